The lowest BCUT2D eigenvalue weighted by molar-refractivity contribution is 0.0361. The summed E-state index contributed by atoms with van der Waals surface area (Å²) in [6.07, 6.45) is 3.03. The molecular formula is C26H32N4O5S2. The number of ether oxygens (including phenoxy) is 1. The van der Waals surface area contributed by atoms with E-state index >= 15 is 0 Å². The Morgan fingerprint density at radius 1 is 0.973 bits per heavy atom. The lowest BCUT2D eigenvalue weighted by Gasteiger charge is -2.30. The number of imidazole rings is 1. The van der Waals surface area contributed by atoms with Crippen molar-refractivity contribution in [3.05, 3.63) is 90.8 Å². The van der Waals surface area contributed by atoms with Gasteiger partial charge in [-0.25, -0.2) is 21.8 Å². The van der Waals surface area contributed by atoms with Crippen LogP contribution in [0.4, 0.5) is 0 Å². The molecule has 37 heavy (non-hydrogen) atoms. The third-order valence-electron chi connectivity index (χ3n) is 6.18. The summed E-state index contributed by atoms with van der Waals surface area (Å²) in [5.74, 6) is -0.204. The molecule has 0 radical (unpaired) electrons. The summed E-state index contributed by atoms with van der Waals surface area (Å²) < 4.78 is 62.2. The smallest absolute Gasteiger partial charge is 0.243 e. The van der Waals surface area contributed by atoms with Crippen molar-refractivity contribution in [1.82, 2.24) is 18.8 Å². The highest BCUT2D eigenvalue weighted by Crippen LogP contribution is 2.22. The van der Waals surface area contributed by atoms with Gasteiger partial charge < -0.3 is 9.30 Å². The molecule has 1 aliphatic heterocycles. The first-order valence-corrected chi connectivity index (χ1v) is 15.2. The lowest BCUT2D eigenvalue weighted by Crippen LogP contribution is -2.43. The molecule has 2 aromatic carbocycles. The normalized spacial score (nSPS) is 15.2. The maximum atomic E-state index is 13.6. The van der Waals surface area contributed by atoms with Crippen molar-refractivity contribution in [2.24, 2.45) is 0 Å². The number of hydrogen-bond acceptors (Lipinski definition) is 7. The van der Waals surface area contributed by atoms with E-state index in [4.69, 9.17) is 4.74 Å². The van der Waals surface area contributed by atoms with Gasteiger partial charge in [-0.3, -0.25) is 4.90 Å². The van der Waals surface area contributed by atoms with Gasteiger partial charge in [0, 0.05) is 32.7 Å². The first-order valence-electron chi connectivity index (χ1n) is 12.1. The van der Waals surface area contributed by atoms with E-state index in [-0.39, 0.29) is 35.4 Å². The Labute approximate surface area is 219 Å². The summed E-state index contributed by atoms with van der Waals surface area (Å²) in [7, 11) is -7.63. The zero-order chi connectivity index (χ0) is 26.3. The van der Waals surface area contributed by atoms with Gasteiger partial charge >= 0.3 is 0 Å². The summed E-state index contributed by atoms with van der Waals surface area (Å²) in [5.41, 5.74) is 1.13. The fourth-order valence-corrected chi connectivity index (χ4v) is 7.16. The molecule has 0 spiro atoms. The van der Waals surface area contributed by atoms with E-state index in [0.29, 0.717) is 31.0 Å². The highest BCUT2D eigenvalue weighted by Gasteiger charge is 2.29. The van der Waals surface area contributed by atoms with E-state index < -0.39 is 19.9 Å². The second-order valence-corrected chi connectivity index (χ2v) is 12.6. The molecule has 3 aromatic rings. The van der Waals surface area contributed by atoms with Crippen LogP contribution in [0.25, 0.3) is 0 Å². The molecule has 0 unspecified atom stereocenters. The zero-order valence-electron chi connectivity index (χ0n) is 20.6. The van der Waals surface area contributed by atoms with Crippen molar-refractivity contribution in [3.8, 4) is 0 Å². The minimum atomic E-state index is -3.85. The summed E-state index contributed by atoms with van der Waals surface area (Å²) in [6.45, 7) is 7.38. The number of allylic oxidation sites excluding steroid dienone is 1. The summed E-state index contributed by atoms with van der Waals surface area (Å²) in [5, 5.41) is -0.100. The van der Waals surface area contributed by atoms with E-state index in [9.17, 15) is 16.8 Å². The predicted molar refractivity (Wildman–Crippen MR) is 141 cm³/mol. The van der Waals surface area contributed by atoms with Gasteiger partial charge in [-0.05, 0) is 17.7 Å². The van der Waals surface area contributed by atoms with Gasteiger partial charge in [0.1, 0.15) is 0 Å². The van der Waals surface area contributed by atoms with Gasteiger partial charge in [0.2, 0.25) is 25.0 Å². The van der Waals surface area contributed by atoms with Gasteiger partial charge in [0.05, 0.1) is 42.3 Å². The maximum Gasteiger partial charge on any atom is 0.243 e. The molecule has 0 atom stereocenters. The summed E-state index contributed by atoms with van der Waals surface area (Å²) in [4.78, 5) is 6.58. The topological polar surface area (TPSA) is 102 Å². The molecule has 0 N–H and O–H groups in total. The molecule has 0 aliphatic carbocycles. The number of benzene rings is 2. The van der Waals surface area contributed by atoms with Gasteiger partial charge in [0.25, 0.3) is 0 Å². The number of morpholine rings is 1. The molecule has 0 bridgehead atoms. The number of sulfone groups is 1. The number of aromatic nitrogens is 2. The van der Waals surface area contributed by atoms with Crippen LogP contribution in [0, 0.1) is 0 Å². The third kappa shape index (κ3) is 6.74. The Balaban J connectivity index is 1.65. The minimum Gasteiger partial charge on any atom is -0.379 e. The molecule has 1 saturated heterocycles. The number of rotatable bonds is 12. The van der Waals surface area contributed by atoms with Crippen LogP contribution in [0.5, 0.6) is 0 Å². The van der Waals surface area contributed by atoms with Crippen molar-refractivity contribution < 1.29 is 21.6 Å². The molecule has 1 aromatic heterocycles. The third-order valence-corrected chi connectivity index (χ3v) is 9.63. The van der Waals surface area contributed by atoms with Crippen molar-refractivity contribution >= 4 is 19.9 Å². The SMILES string of the molecule is C=CCn1c(CN(CCN2CCOCC2)S(=O)(=O)c2ccccc2)cnc1S(=O)(=O)Cc1ccccc1. The fourth-order valence-electron chi connectivity index (χ4n) is 4.23. The molecule has 4 rings (SSSR count). The Morgan fingerprint density at radius 2 is 1.62 bits per heavy atom. The number of nitrogens with zero attached hydrogens (tertiary/aromatic N) is 4. The van der Waals surface area contributed by atoms with Crippen LogP contribution in [-0.4, -0.2) is 75.0 Å². The van der Waals surface area contributed by atoms with Crippen LogP contribution in [0.2, 0.25) is 0 Å². The van der Waals surface area contributed by atoms with Crippen molar-refractivity contribution in [1.29, 1.82) is 0 Å². The lowest BCUT2D eigenvalue weighted by atomic mass is 10.2. The van der Waals surface area contributed by atoms with Crippen LogP contribution in [0.1, 0.15) is 11.3 Å². The standard InChI is InChI=1S/C26H32N4O5S2/c1-2-13-30-24(20-27-26(30)36(31,32)22-23-9-5-3-6-10-23)21-29(15-14-28-16-18-35-19-17-28)37(33,34)25-11-7-4-8-12-25/h2-12,20H,1,13-19,21-22H2. The molecular weight excluding hydrogens is 512 g/mol. The molecule has 0 amide bonds. The first-order chi connectivity index (χ1) is 17.8. The van der Waals surface area contributed by atoms with Crippen molar-refractivity contribution in [3.63, 3.8) is 0 Å². The van der Waals surface area contributed by atoms with Gasteiger partial charge in [0.15, 0.2) is 0 Å². The highest BCUT2D eigenvalue weighted by molar-refractivity contribution is 7.90. The summed E-state index contributed by atoms with van der Waals surface area (Å²) >= 11 is 0. The molecule has 1 aliphatic rings. The molecule has 1 fully saturated rings. The Morgan fingerprint density at radius 3 is 2.27 bits per heavy atom. The van der Waals surface area contributed by atoms with Crippen LogP contribution in [0.15, 0.2) is 89.6 Å². The van der Waals surface area contributed by atoms with Crippen molar-refractivity contribution in [2.45, 2.75) is 28.9 Å². The van der Waals surface area contributed by atoms with E-state index in [1.165, 1.54) is 15.1 Å². The average molecular weight is 545 g/mol. The van der Waals surface area contributed by atoms with E-state index in [2.05, 4.69) is 16.5 Å². The molecule has 2 heterocycles. The minimum absolute atomic E-state index is 0.0245. The van der Waals surface area contributed by atoms with Crippen LogP contribution >= 0.6 is 0 Å². The van der Waals surface area contributed by atoms with Gasteiger partial charge in [-0.15, -0.1) is 6.58 Å². The Kier molecular flexibility index (Phi) is 8.93. The molecule has 198 valence electrons. The monoisotopic (exact) mass is 544 g/mol. The maximum absolute atomic E-state index is 13.6. The zero-order valence-corrected chi connectivity index (χ0v) is 22.3. The summed E-state index contributed by atoms with van der Waals surface area (Å²) in [6, 6.07) is 17.2. The van der Waals surface area contributed by atoms with Gasteiger partial charge in [-0.1, -0.05) is 54.6 Å². The molecule has 0 saturated carbocycles. The Hall–Kier alpha value is -2.83. The largest absolute Gasteiger partial charge is 0.379 e. The number of sulfonamides is 1. The van der Waals surface area contributed by atoms with Crippen LogP contribution in [-0.2, 0) is 43.4 Å². The molecule has 9 nitrogen and oxygen atoms in total. The predicted octanol–water partition coefficient (Wildman–Crippen LogP) is 2.57. The Bertz CT molecular complexity index is 1390. The fraction of sp³-hybridized carbons (Fsp3) is 0.346. The van der Waals surface area contributed by atoms with E-state index in [0.717, 1.165) is 13.1 Å². The second-order valence-electron chi connectivity index (χ2n) is 8.78. The first kappa shape index (κ1) is 27.2. The number of hydrogen-bond donors (Lipinski definition) is 0. The van der Waals surface area contributed by atoms with E-state index in [1.54, 1.807) is 60.7 Å². The van der Waals surface area contributed by atoms with Crippen LogP contribution in [0.3, 0.4) is 0 Å². The molecule has 11 heteroatoms. The van der Waals surface area contributed by atoms with E-state index in [1.807, 2.05) is 6.07 Å². The highest BCUT2D eigenvalue weighted by atomic mass is 32.2. The van der Waals surface area contributed by atoms with Gasteiger partial charge in [-0.2, -0.15) is 4.31 Å². The van der Waals surface area contributed by atoms with Crippen molar-refractivity contribution in [2.75, 3.05) is 39.4 Å². The second kappa shape index (κ2) is 12.1. The quantitative estimate of drug-likeness (QED) is 0.323. The average Bonchev–Trinajstić information content (AvgIpc) is 3.31. The van der Waals surface area contributed by atoms with Crippen LogP contribution < -0.4 is 0 Å².